The van der Waals surface area contributed by atoms with Gasteiger partial charge in [0, 0.05) is 21.9 Å². The number of hydrogen-bond acceptors (Lipinski definition) is 3. The average molecular weight is 514 g/mol. The van der Waals surface area contributed by atoms with Crippen LogP contribution < -0.4 is 0 Å². The van der Waals surface area contributed by atoms with E-state index in [0.717, 1.165) is 22.5 Å². The van der Waals surface area contributed by atoms with E-state index in [0.29, 0.717) is 26.5 Å². The molecule has 1 heterocycles. The Hall–Kier alpha value is -2.85. The molecule has 1 aromatic heterocycles. The lowest BCUT2D eigenvalue weighted by Crippen LogP contribution is -2.23. The number of thioether (sulfide) groups is 1. The Labute approximate surface area is 211 Å². The molecule has 0 radical (unpaired) electrons. The van der Waals surface area contributed by atoms with Crippen LogP contribution in [0.5, 0.6) is 0 Å². The van der Waals surface area contributed by atoms with Crippen molar-refractivity contribution in [3.05, 3.63) is 111 Å². The van der Waals surface area contributed by atoms with Crippen molar-refractivity contribution in [3.8, 4) is 11.8 Å². The van der Waals surface area contributed by atoms with Gasteiger partial charge in [0.15, 0.2) is 5.16 Å². The van der Waals surface area contributed by atoms with Gasteiger partial charge in [0.2, 0.25) is 0 Å². The second kappa shape index (κ2) is 9.79. The third kappa shape index (κ3) is 4.83. The Morgan fingerprint density at radius 3 is 2.32 bits per heavy atom. The van der Waals surface area contributed by atoms with Crippen molar-refractivity contribution in [2.45, 2.75) is 30.2 Å². The Morgan fingerprint density at radius 1 is 0.971 bits per heavy atom. The highest BCUT2D eigenvalue weighted by Gasteiger charge is 2.30. The maximum absolute atomic E-state index is 13.7. The van der Waals surface area contributed by atoms with E-state index in [1.807, 2.05) is 24.5 Å². The molecule has 3 aromatic carbocycles. The van der Waals surface area contributed by atoms with Gasteiger partial charge in [-0.15, -0.1) is 0 Å². The summed E-state index contributed by atoms with van der Waals surface area (Å²) >= 11 is 14.0. The second-order valence-electron chi connectivity index (χ2n) is 8.19. The molecule has 0 aliphatic heterocycles. The monoisotopic (exact) mass is 513 g/mol. The molecular weight excluding hydrogens is 495 g/mol. The van der Waals surface area contributed by atoms with Crippen LogP contribution in [0.1, 0.15) is 36.2 Å². The first-order chi connectivity index (χ1) is 16.2. The van der Waals surface area contributed by atoms with E-state index in [-0.39, 0.29) is 5.82 Å². The molecule has 0 saturated heterocycles. The quantitative estimate of drug-likeness (QED) is 0.245. The Bertz CT molecular complexity index is 1390. The third-order valence-electron chi connectivity index (χ3n) is 5.64. The number of halogens is 4. The van der Waals surface area contributed by atoms with Crippen molar-refractivity contribution in [1.82, 2.24) is 9.55 Å². The summed E-state index contributed by atoms with van der Waals surface area (Å²) in [7, 11) is 0. The summed E-state index contributed by atoms with van der Waals surface area (Å²) in [4.78, 5) is 4.65. The van der Waals surface area contributed by atoms with Gasteiger partial charge in [-0.2, -0.15) is 5.26 Å². The van der Waals surface area contributed by atoms with Crippen LogP contribution in [0.25, 0.3) is 5.69 Å². The average Bonchev–Trinajstić information content (AvgIpc) is 3.24. The maximum Gasteiger partial charge on any atom is 0.173 e. The maximum atomic E-state index is 13.7. The molecule has 0 N–H and O–H groups in total. The van der Waals surface area contributed by atoms with Crippen LogP contribution in [0.15, 0.2) is 72.0 Å². The first-order valence-electron chi connectivity index (χ1n) is 10.3. The van der Waals surface area contributed by atoms with Crippen LogP contribution in [0, 0.1) is 23.0 Å². The van der Waals surface area contributed by atoms with Gasteiger partial charge in [-0.05, 0) is 59.7 Å². The fourth-order valence-electron chi connectivity index (χ4n) is 3.64. The fraction of sp³-hybridized carbons (Fsp3) is 0.154. The number of hydrogen-bond donors (Lipinski definition) is 0. The summed E-state index contributed by atoms with van der Waals surface area (Å²) in [5.74, 6) is -0.257. The van der Waals surface area contributed by atoms with Gasteiger partial charge in [-0.1, -0.05) is 60.9 Å². The smallest absolute Gasteiger partial charge is 0.173 e. The first kappa shape index (κ1) is 24.3. The number of nitriles is 1. The predicted octanol–water partition coefficient (Wildman–Crippen LogP) is 7.95. The highest BCUT2D eigenvalue weighted by molar-refractivity contribution is 7.98. The molecule has 4 aromatic rings. The zero-order chi connectivity index (χ0) is 24.5. The van der Waals surface area contributed by atoms with Gasteiger partial charge in [-0.3, -0.25) is 4.57 Å². The summed E-state index contributed by atoms with van der Waals surface area (Å²) in [5, 5.41) is 10.6. The molecule has 0 saturated carbocycles. The minimum absolute atomic E-state index is 0.337. The van der Waals surface area contributed by atoms with Gasteiger partial charge in [0.05, 0.1) is 22.5 Å². The molecule has 4 rings (SSSR count). The van der Waals surface area contributed by atoms with Crippen molar-refractivity contribution >= 4 is 35.0 Å². The highest BCUT2D eigenvalue weighted by Crippen LogP contribution is 2.38. The highest BCUT2D eigenvalue weighted by atomic mass is 35.5. The fourth-order valence-corrected chi connectivity index (χ4v) is 5.17. The van der Waals surface area contributed by atoms with E-state index < -0.39 is 11.2 Å². The Morgan fingerprint density at radius 2 is 1.68 bits per heavy atom. The van der Waals surface area contributed by atoms with Crippen LogP contribution in [0.4, 0.5) is 8.78 Å². The molecular formula is C26H19Cl2F2N3S. The van der Waals surface area contributed by atoms with E-state index in [4.69, 9.17) is 23.2 Å². The van der Waals surface area contributed by atoms with Crippen molar-refractivity contribution in [3.63, 3.8) is 0 Å². The van der Waals surface area contributed by atoms with Gasteiger partial charge in [0.1, 0.15) is 17.7 Å². The molecule has 0 bridgehead atoms. The van der Waals surface area contributed by atoms with Gasteiger partial charge in [0.25, 0.3) is 0 Å². The van der Waals surface area contributed by atoms with E-state index in [9.17, 15) is 14.0 Å². The zero-order valence-electron chi connectivity index (χ0n) is 18.3. The molecule has 8 heteroatoms. The SMILES string of the molecule is CC(C)(c1ccc(C#N)c(Cl)c1)c1cnc(SCc2ccc(F)cc2Cl)n1-c1ccc(F)cc1. The van der Waals surface area contributed by atoms with Gasteiger partial charge >= 0.3 is 0 Å². The van der Waals surface area contributed by atoms with Crippen LogP contribution in [0.2, 0.25) is 10.0 Å². The number of imidazole rings is 1. The number of aromatic nitrogens is 2. The van der Waals surface area contributed by atoms with Crippen LogP contribution >= 0.6 is 35.0 Å². The van der Waals surface area contributed by atoms with Crippen molar-refractivity contribution in [2.24, 2.45) is 0 Å². The second-order valence-corrected chi connectivity index (χ2v) is 9.95. The molecule has 0 amide bonds. The molecule has 0 aliphatic rings. The summed E-state index contributed by atoms with van der Waals surface area (Å²) in [5.41, 5.74) is 3.13. The number of benzene rings is 3. The van der Waals surface area contributed by atoms with Crippen LogP contribution in [-0.2, 0) is 11.2 Å². The van der Waals surface area contributed by atoms with E-state index in [2.05, 4.69) is 11.1 Å². The predicted molar refractivity (Wildman–Crippen MR) is 133 cm³/mol. The zero-order valence-corrected chi connectivity index (χ0v) is 20.6. The summed E-state index contributed by atoms with van der Waals surface area (Å²) in [6.45, 7) is 4.07. The topological polar surface area (TPSA) is 41.6 Å². The molecule has 0 fully saturated rings. The molecule has 0 atom stereocenters. The van der Waals surface area contributed by atoms with Crippen LogP contribution in [-0.4, -0.2) is 9.55 Å². The normalized spacial score (nSPS) is 11.4. The first-order valence-corrected chi connectivity index (χ1v) is 12.1. The van der Waals surface area contributed by atoms with Crippen molar-refractivity contribution in [2.75, 3.05) is 0 Å². The van der Waals surface area contributed by atoms with E-state index in [1.54, 1.807) is 36.5 Å². The van der Waals surface area contributed by atoms with Crippen molar-refractivity contribution in [1.29, 1.82) is 5.26 Å². The minimum atomic E-state index is -0.550. The number of rotatable bonds is 6. The van der Waals surface area contributed by atoms with E-state index in [1.165, 1.54) is 36.0 Å². The van der Waals surface area contributed by atoms with Gasteiger partial charge < -0.3 is 0 Å². The summed E-state index contributed by atoms with van der Waals surface area (Å²) in [6, 6.07) is 17.9. The summed E-state index contributed by atoms with van der Waals surface area (Å²) in [6.07, 6.45) is 1.78. The Balaban J connectivity index is 1.78. The molecule has 3 nitrogen and oxygen atoms in total. The minimum Gasteiger partial charge on any atom is -0.291 e. The molecule has 34 heavy (non-hydrogen) atoms. The lowest BCUT2D eigenvalue weighted by molar-refractivity contribution is 0.591. The lowest BCUT2D eigenvalue weighted by Gasteiger charge is -2.28. The molecule has 0 spiro atoms. The standard InChI is InChI=1S/C26H19Cl2F2N3S/c1-26(2,18-5-3-16(13-31)22(27)11-18)24-14-32-25(33(24)21-9-7-19(29)8-10-21)34-15-17-4-6-20(30)12-23(17)28/h3-12,14H,15H2,1-2H3. The lowest BCUT2D eigenvalue weighted by atomic mass is 9.81. The van der Waals surface area contributed by atoms with Gasteiger partial charge in [-0.25, -0.2) is 13.8 Å². The van der Waals surface area contributed by atoms with E-state index >= 15 is 0 Å². The Kier molecular flexibility index (Phi) is 6.99. The number of nitrogens with zero attached hydrogens (tertiary/aromatic N) is 3. The molecule has 0 unspecified atom stereocenters. The molecule has 0 aliphatic carbocycles. The molecule has 172 valence electrons. The van der Waals surface area contributed by atoms with Crippen molar-refractivity contribution < 1.29 is 8.78 Å². The summed E-state index contributed by atoms with van der Waals surface area (Å²) < 4.78 is 29.1. The van der Waals surface area contributed by atoms with Crippen LogP contribution in [0.3, 0.4) is 0 Å². The third-order valence-corrected chi connectivity index (χ3v) is 7.30. The largest absolute Gasteiger partial charge is 0.291 e.